The van der Waals surface area contributed by atoms with Gasteiger partial charge in [-0.1, -0.05) is 24.3 Å². The quantitative estimate of drug-likeness (QED) is 0.569. The lowest BCUT2D eigenvalue weighted by atomic mass is 10.1. The number of carbonyl (C=O) groups is 1. The Morgan fingerprint density at radius 3 is 2.44 bits per heavy atom. The number of anilines is 1. The molecule has 2 aromatic carbocycles. The minimum atomic E-state index is -4.68. The molecular formula is C22H20F3N3O3S. The smallest absolute Gasteiger partial charge is 0.341 e. The van der Waals surface area contributed by atoms with Crippen molar-refractivity contribution in [3.05, 3.63) is 89.7 Å². The van der Waals surface area contributed by atoms with Gasteiger partial charge in [-0.3, -0.25) is 14.5 Å². The summed E-state index contributed by atoms with van der Waals surface area (Å²) in [4.78, 5) is 18.0. The summed E-state index contributed by atoms with van der Waals surface area (Å²) >= 11 is 0. The number of hydrogen-bond acceptors (Lipinski definition) is 4. The van der Waals surface area contributed by atoms with Gasteiger partial charge in [0.25, 0.3) is 15.9 Å². The van der Waals surface area contributed by atoms with Gasteiger partial charge in [-0.05, 0) is 42.5 Å². The fourth-order valence-electron chi connectivity index (χ4n) is 2.94. The molecule has 6 nitrogen and oxygen atoms in total. The molecule has 1 amide bonds. The Balaban J connectivity index is 1.81. The van der Waals surface area contributed by atoms with Crippen molar-refractivity contribution >= 4 is 21.6 Å². The zero-order valence-electron chi connectivity index (χ0n) is 17.0. The lowest BCUT2D eigenvalue weighted by Gasteiger charge is -2.19. The monoisotopic (exact) mass is 463 g/mol. The second-order valence-corrected chi connectivity index (χ2v) is 8.66. The Kier molecular flexibility index (Phi) is 6.83. The van der Waals surface area contributed by atoms with Crippen molar-refractivity contribution in [3.63, 3.8) is 0 Å². The molecule has 0 fully saturated rings. The maximum Gasteiger partial charge on any atom is 0.416 e. The zero-order chi connectivity index (χ0) is 23.4. The largest absolute Gasteiger partial charge is 0.416 e. The van der Waals surface area contributed by atoms with Crippen molar-refractivity contribution < 1.29 is 26.4 Å². The first-order chi connectivity index (χ1) is 15.1. The third kappa shape index (κ3) is 5.64. The van der Waals surface area contributed by atoms with Gasteiger partial charge in [0, 0.05) is 31.9 Å². The Labute approximate surface area is 183 Å². The molecule has 0 aliphatic heterocycles. The highest BCUT2D eigenvalue weighted by Gasteiger charge is 2.32. The fourth-order valence-corrected chi connectivity index (χ4v) is 4.06. The molecule has 1 N–H and O–H groups in total. The zero-order valence-corrected chi connectivity index (χ0v) is 17.8. The summed E-state index contributed by atoms with van der Waals surface area (Å²) in [5.41, 5.74) is -0.240. The van der Waals surface area contributed by atoms with E-state index in [9.17, 15) is 26.4 Å². The highest BCUT2D eigenvalue weighted by atomic mass is 32.2. The predicted molar refractivity (Wildman–Crippen MR) is 114 cm³/mol. The number of rotatable bonds is 7. The lowest BCUT2D eigenvalue weighted by Crippen LogP contribution is -2.30. The van der Waals surface area contributed by atoms with Crippen LogP contribution in [0.15, 0.2) is 77.8 Å². The molecule has 168 valence electrons. The van der Waals surface area contributed by atoms with Gasteiger partial charge in [-0.15, -0.1) is 0 Å². The molecule has 0 saturated heterocycles. The molecule has 32 heavy (non-hydrogen) atoms. The number of nitrogens with one attached hydrogen (secondary N) is 1. The van der Waals surface area contributed by atoms with Crippen LogP contribution in [0.1, 0.15) is 21.6 Å². The van der Waals surface area contributed by atoms with Crippen molar-refractivity contribution in [1.29, 1.82) is 0 Å². The fraction of sp³-hybridized carbons (Fsp3) is 0.182. The van der Waals surface area contributed by atoms with Gasteiger partial charge in [-0.2, -0.15) is 13.2 Å². The highest BCUT2D eigenvalue weighted by Crippen LogP contribution is 2.31. The first-order valence-electron chi connectivity index (χ1n) is 9.52. The van der Waals surface area contributed by atoms with Crippen LogP contribution in [0, 0.1) is 0 Å². The van der Waals surface area contributed by atoms with E-state index in [1.165, 1.54) is 23.1 Å². The number of halogens is 3. The number of sulfonamides is 1. The summed E-state index contributed by atoms with van der Waals surface area (Å²) in [6, 6.07) is 14.8. The standard InChI is InChI=1S/C22H20F3N3O3S/c1-28(14-12-17-8-4-5-13-26-17)21(29)19-10-2-3-11-20(19)27-32(30,31)18-9-6-7-16(15-18)22(23,24)25/h2-11,13,15,27H,12,14H2,1H3. The number of pyridine rings is 1. The summed E-state index contributed by atoms with van der Waals surface area (Å²) in [6.45, 7) is 0.338. The van der Waals surface area contributed by atoms with Crippen LogP contribution in [-0.4, -0.2) is 37.8 Å². The molecule has 0 aliphatic carbocycles. The topological polar surface area (TPSA) is 79.4 Å². The number of para-hydroxylation sites is 1. The van der Waals surface area contributed by atoms with Crippen molar-refractivity contribution in [2.24, 2.45) is 0 Å². The van der Waals surface area contributed by atoms with Crippen LogP contribution in [0.3, 0.4) is 0 Å². The van der Waals surface area contributed by atoms with E-state index in [2.05, 4.69) is 9.71 Å². The van der Waals surface area contributed by atoms with Crippen LogP contribution in [0.25, 0.3) is 0 Å². The molecule has 0 saturated carbocycles. The SMILES string of the molecule is CN(CCc1ccccn1)C(=O)c1ccccc1NS(=O)(=O)c1cccc(C(F)(F)F)c1. The van der Waals surface area contributed by atoms with E-state index >= 15 is 0 Å². The van der Waals surface area contributed by atoms with Crippen LogP contribution in [0.2, 0.25) is 0 Å². The van der Waals surface area contributed by atoms with Crippen molar-refractivity contribution in [3.8, 4) is 0 Å². The summed E-state index contributed by atoms with van der Waals surface area (Å²) < 4.78 is 66.6. The average molecular weight is 463 g/mol. The van der Waals surface area contributed by atoms with E-state index in [-0.39, 0.29) is 11.3 Å². The normalized spacial score (nSPS) is 11.8. The molecular weight excluding hydrogens is 443 g/mol. The molecule has 0 bridgehead atoms. The van der Waals surface area contributed by atoms with Gasteiger partial charge >= 0.3 is 6.18 Å². The van der Waals surface area contributed by atoms with E-state index < -0.39 is 32.6 Å². The van der Waals surface area contributed by atoms with E-state index in [1.54, 1.807) is 25.4 Å². The van der Waals surface area contributed by atoms with Gasteiger partial charge in [0.1, 0.15) is 0 Å². The summed E-state index contributed by atoms with van der Waals surface area (Å²) in [7, 11) is -2.79. The molecule has 3 rings (SSSR count). The van der Waals surface area contributed by atoms with E-state index in [4.69, 9.17) is 0 Å². The van der Waals surface area contributed by atoms with E-state index in [0.29, 0.717) is 19.0 Å². The second-order valence-electron chi connectivity index (χ2n) is 6.97. The third-order valence-corrected chi connectivity index (χ3v) is 6.01. The Morgan fingerprint density at radius 2 is 1.75 bits per heavy atom. The van der Waals surface area contributed by atoms with Gasteiger partial charge < -0.3 is 4.90 Å². The predicted octanol–water partition coefficient (Wildman–Crippen LogP) is 4.22. The summed E-state index contributed by atoms with van der Waals surface area (Å²) in [5.74, 6) is -0.441. The van der Waals surface area contributed by atoms with Crippen molar-refractivity contribution in [2.45, 2.75) is 17.5 Å². The van der Waals surface area contributed by atoms with Crippen molar-refractivity contribution in [2.75, 3.05) is 18.3 Å². The van der Waals surface area contributed by atoms with E-state index in [0.717, 1.165) is 23.9 Å². The minimum absolute atomic E-state index is 0.0282. The highest BCUT2D eigenvalue weighted by molar-refractivity contribution is 7.92. The summed E-state index contributed by atoms with van der Waals surface area (Å²) in [5, 5.41) is 0. The first kappa shape index (κ1) is 23.3. The first-order valence-corrected chi connectivity index (χ1v) is 11.0. The molecule has 0 aliphatic rings. The number of carbonyl (C=O) groups excluding carboxylic acids is 1. The summed E-state index contributed by atoms with van der Waals surface area (Å²) in [6.07, 6.45) is -2.54. The molecule has 0 spiro atoms. The molecule has 0 unspecified atom stereocenters. The van der Waals surface area contributed by atoms with Crippen LogP contribution < -0.4 is 4.72 Å². The minimum Gasteiger partial charge on any atom is -0.341 e. The molecule has 3 aromatic rings. The molecule has 1 aromatic heterocycles. The maximum absolute atomic E-state index is 13.0. The Morgan fingerprint density at radius 1 is 1.03 bits per heavy atom. The molecule has 1 heterocycles. The number of likely N-dealkylation sites (N-methyl/N-ethyl adjacent to an activating group) is 1. The van der Waals surface area contributed by atoms with Crippen LogP contribution >= 0.6 is 0 Å². The second kappa shape index (κ2) is 9.39. The maximum atomic E-state index is 13.0. The van der Waals surface area contributed by atoms with Crippen LogP contribution in [0.5, 0.6) is 0 Å². The van der Waals surface area contributed by atoms with Gasteiger partial charge in [0.2, 0.25) is 0 Å². The lowest BCUT2D eigenvalue weighted by molar-refractivity contribution is -0.137. The van der Waals surface area contributed by atoms with Crippen LogP contribution in [0.4, 0.5) is 18.9 Å². The van der Waals surface area contributed by atoms with E-state index in [1.807, 2.05) is 12.1 Å². The number of hydrogen-bond donors (Lipinski definition) is 1. The van der Waals surface area contributed by atoms with Crippen molar-refractivity contribution in [1.82, 2.24) is 9.88 Å². The van der Waals surface area contributed by atoms with Crippen LogP contribution in [-0.2, 0) is 22.6 Å². The number of benzene rings is 2. The third-order valence-electron chi connectivity index (χ3n) is 4.65. The van der Waals surface area contributed by atoms with Gasteiger partial charge in [0.15, 0.2) is 0 Å². The molecule has 0 radical (unpaired) electrons. The number of alkyl halides is 3. The average Bonchev–Trinajstić information content (AvgIpc) is 2.77. The Hall–Kier alpha value is -3.40. The Bertz CT molecular complexity index is 1200. The molecule has 0 atom stereocenters. The molecule has 10 heteroatoms. The van der Waals surface area contributed by atoms with Gasteiger partial charge in [0.05, 0.1) is 21.7 Å². The number of aromatic nitrogens is 1. The number of nitrogens with zero attached hydrogens (tertiary/aromatic N) is 2. The van der Waals surface area contributed by atoms with Gasteiger partial charge in [-0.25, -0.2) is 8.42 Å². The number of amides is 1.